The van der Waals surface area contributed by atoms with Gasteiger partial charge in [-0.2, -0.15) is 0 Å². The molecule has 26 heavy (non-hydrogen) atoms. The van der Waals surface area contributed by atoms with E-state index in [0.29, 0.717) is 18.1 Å². The van der Waals surface area contributed by atoms with E-state index in [0.717, 1.165) is 23.3 Å². The molecular weight excluding hydrogens is 348 g/mol. The third-order valence-corrected chi connectivity index (χ3v) is 4.41. The SMILES string of the molecule is O=C(C[NH2+][C@H](c1ccccc1)c1ccco1)NCCc1cccc(Cl)c1. The Bertz CT molecular complexity index is 819. The lowest BCUT2D eigenvalue weighted by Crippen LogP contribution is -2.87. The van der Waals surface area contributed by atoms with Crippen LogP contribution in [0.15, 0.2) is 77.4 Å². The zero-order valence-corrected chi connectivity index (χ0v) is 15.2. The molecule has 0 saturated heterocycles. The van der Waals surface area contributed by atoms with Gasteiger partial charge >= 0.3 is 0 Å². The third kappa shape index (κ3) is 5.22. The van der Waals surface area contributed by atoms with Gasteiger partial charge in [-0.1, -0.05) is 54.1 Å². The van der Waals surface area contributed by atoms with Gasteiger partial charge in [0, 0.05) is 17.1 Å². The lowest BCUT2D eigenvalue weighted by atomic mass is 10.0. The molecule has 3 N–H and O–H groups in total. The van der Waals surface area contributed by atoms with Crippen LogP contribution in [0.3, 0.4) is 0 Å². The van der Waals surface area contributed by atoms with Crippen LogP contribution in [0.1, 0.15) is 22.9 Å². The molecule has 3 aromatic rings. The van der Waals surface area contributed by atoms with Crippen molar-refractivity contribution in [1.82, 2.24) is 5.32 Å². The average Bonchev–Trinajstić information content (AvgIpc) is 3.17. The first-order chi connectivity index (χ1) is 12.7. The van der Waals surface area contributed by atoms with E-state index in [1.54, 1.807) is 6.26 Å². The highest BCUT2D eigenvalue weighted by Crippen LogP contribution is 2.18. The van der Waals surface area contributed by atoms with Crippen molar-refractivity contribution in [1.29, 1.82) is 0 Å². The predicted octanol–water partition coefficient (Wildman–Crippen LogP) is 2.94. The Morgan fingerprint density at radius 1 is 1.08 bits per heavy atom. The highest BCUT2D eigenvalue weighted by atomic mass is 35.5. The van der Waals surface area contributed by atoms with Crippen molar-refractivity contribution >= 4 is 17.5 Å². The Hall–Kier alpha value is -2.56. The molecule has 0 fully saturated rings. The summed E-state index contributed by atoms with van der Waals surface area (Å²) in [4.78, 5) is 12.2. The highest BCUT2D eigenvalue weighted by Gasteiger charge is 2.21. The van der Waals surface area contributed by atoms with Crippen LogP contribution in [0.5, 0.6) is 0 Å². The van der Waals surface area contributed by atoms with Crippen molar-refractivity contribution < 1.29 is 14.5 Å². The molecule has 0 unspecified atom stereocenters. The Morgan fingerprint density at radius 2 is 1.92 bits per heavy atom. The topological polar surface area (TPSA) is 58.9 Å². The molecule has 2 aromatic carbocycles. The molecule has 0 spiro atoms. The molecule has 5 heteroatoms. The van der Waals surface area contributed by atoms with Crippen LogP contribution >= 0.6 is 11.6 Å². The highest BCUT2D eigenvalue weighted by molar-refractivity contribution is 6.30. The van der Waals surface area contributed by atoms with E-state index in [9.17, 15) is 4.79 Å². The fourth-order valence-corrected chi connectivity index (χ4v) is 3.09. The molecular formula is C21H22ClN2O2+. The summed E-state index contributed by atoms with van der Waals surface area (Å²) in [5, 5.41) is 5.66. The Morgan fingerprint density at radius 3 is 2.65 bits per heavy atom. The molecule has 0 aliphatic rings. The smallest absolute Gasteiger partial charge is 0.275 e. The molecule has 1 aromatic heterocycles. The third-order valence-electron chi connectivity index (χ3n) is 4.17. The fourth-order valence-electron chi connectivity index (χ4n) is 2.88. The van der Waals surface area contributed by atoms with E-state index in [4.69, 9.17) is 16.0 Å². The second kappa shape index (κ2) is 9.22. The molecule has 0 radical (unpaired) electrons. The molecule has 1 heterocycles. The van der Waals surface area contributed by atoms with E-state index in [2.05, 4.69) is 5.32 Å². The van der Waals surface area contributed by atoms with Crippen molar-refractivity contribution in [2.75, 3.05) is 13.1 Å². The van der Waals surface area contributed by atoms with Gasteiger partial charge in [-0.15, -0.1) is 0 Å². The van der Waals surface area contributed by atoms with Gasteiger partial charge in [-0.3, -0.25) is 4.79 Å². The number of nitrogens with two attached hydrogens (primary N) is 1. The average molecular weight is 370 g/mol. The van der Waals surface area contributed by atoms with Crippen LogP contribution < -0.4 is 10.6 Å². The first-order valence-corrected chi connectivity index (χ1v) is 9.03. The number of nitrogens with one attached hydrogen (secondary N) is 1. The number of carbonyl (C=O) groups is 1. The number of benzene rings is 2. The molecule has 4 nitrogen and oxygen atoms in total. The maximum atomic E-state index is 12.2. The summed E-state index contributed by atoms with van der Waals surface area (Å²) in [6.07, 6.45) is 2.41. The van der Waals surface area contributed by atoms with Crippen molar-refractivity contribution in [3.05, 3.63) is 94.9 Å². The van der Waals surface area contributed by atoms with E-state index in [1.165, 1.54) is 0 Å². The number of rotatable bonds is 8. The first-order valence-electron chi connectivity index (χ1n) is 8.65. The number of furan rings is 1. The van der Waals surface area contributed by atoms with Gasteiger partial charge in [0.1, 0.15) is 0 Å². The van der Waals surface area contributed by atoms with Crippen molar-refractivity contribution in [3.8, 4) is 0 Å². The number of hydrogen-bond acceptors (Lipinski definition) is 2. The molecule has 0 aliphatic carbocycles. The molecule has 134 valence electrons. The molecule has 3 rings (SSSR count). The van der Waals surface area contributed by atoms with Gasteiger partial charge in [0.25, 0.3) is 5.91 Å². The normalized spacial score (nSPS) is 11.9. The van der Waals surface area contributed by atoms with Gasteiger partial charge in [0.2, 0.25) is 0 Å². The Kier molecular flexibility index (Phi) is 6.47. The van der Waals surface area contributed by atoms with Crippen molar-refractivity contribution in [3.63, 3.8) is 0 Å². The minimum absolute atomic E-state index is 0.000449. The number of quaternary nitrogens is 1. The van der Waals surface area contributed by atoms with Gasteiger partial charge in [-0.25, -0.2) is 0 Å². The standard InChI is InChI=1S/C21H21ClN2O2/c22-18-9-4-6-16(14-18)11-12-23-20(25)15-24-21(19-10-5-13-26-19)17-7-2-1-3-8-17/h1-10,13-14,21,24H,11-12,15H2,(H,23,25)/p+1/t21-/m1/s1. The molecule has 1 atom stereocenters. The number of halogens is 1. The van der Waals surface area contributed by atoms with Crippen LogP contribution in [0.25, 0.3) is 0 Å². The summed E-state index contributed by atoms with van der Waals surface area (Å²) in [6.45, 7) is 0.916. The zero-order chi connectivity index (χ0) is 18.2. The van der Waals surface area contributed by atoms with Gasteiger partial charge in [-0.05, 0) is 36.2 Å². The van der Waals surface area contributed by atoms with Crippen LogP contribution in [-0.4, -0.2) is 19.0 Å². The summed E-state index contributed by atoms with van der Waals surface area (Å²) < 4.78 is 5.56. The Balaban J connectivity index is 1.51. The summed E-state index contributed by atoms with van der Waals surface area (Å²) in [6, 6.07) is 21.5. The van der Waals surface area contributed by atoms with Crippen LogP contribution in [0.2, 0.25) is 5.02 Å². The quantitative estimate of drug-likeness (QED) is 0.641. The fraction of sp³-hybridized carbons (Fsp3) is 0.190. The van der Waals surface area contributed by atoms with Crippen molar-refractivity contribution in [2.45, 2.75) is 12.5 Å². The summed E-state index contributed by atoms with van der Waals surface area (Å²) in [5.74, 6) is 0.836. The summed E-state index contributed by atoms with van der Waals surface area (Å²) in [5.41, 5.74) is 2.22. The van der Waals surface area contributed by atoms with E-state index in [-0.39, 0.29) is 11.9 Å². The summed E-state index contributed by atoms with van der Waals surface area (Å²) >= 11 is 5.98. The monoisotopic (exact) mass is 369 g/mol. The van der Waals surface area contributed by atoms with Crippen LogP contribution in [0, 0.1) is 0 Å². The number of amides is 1. The number of carbonyl (C=O) groups excluding carboxylic acids is 1. The van der Waals surface area contributed by atoms with Gasteiger partial charge < -0.3 is 15.1 Å². The maximum Gasteiger partial charge on any atom is 0.275 e. The van der Waals surface area contributed by atoms with E-state index >= 15 is 0 Å². The van der Waals surface area contributed by atoms with Crippen molar-refractivity contribution in [2.24, 2.45) is 0 Å². The lowest BCUT2D eigenvalue weighted by molar-refractivity contribution is -0.678. The predicted molar refractivity (Wildman–Crippen MR) is 102 cm³/mol. The first kappa shape index (κ1) is 18.2. The minimum atomic E-state index is -0.0371. The van der Waals surface area contributed by atoms with Crippen LogP contribution in [-0.2, 0) is 11.2 Å². The van der Waals surface area contributed by atoms with Gasteiger partial charge in [0.15, 0.2) is 18.3 Å². The van der Waals surface area contributed by atoms with Crippen LogP contribution in [0.4, 0.5) is 0 Å². The van der Waals surface area contributed by atoms with E-state index < -0.39 is 0 Å². The maximum absolute atomic E-state index is 12.2. The molecule has 0 bridgehead atoms. The number of hydrogen-bond donors (Lipinski definition) is 2. The molecule has 0 aliphatic heterocycles. The molecule has 1 amide bonds. The molecule has 0 saturated carbocycles. The second-order valence-corrected chi connectivity index (χ2v) is 6.51. The second-order valence-electron chi connectivity index (χ2n) is 6.07. The summed E-state index contributed by atoms with van der Waals surface area (Å²) in [7, 11) is 0. The van der Waals surface area contributed by atoms with Gasteiger partial charge in [0.05, 0.1) is 6.26 Å². The Labute approximate surface area is 158 Å². The lowest BCUT2D eigenvalue weighted by Gasteiger charge is -2.14. The zero-order valence-electron chi connectivity index (χ0n) is 14.4. The van der Waals surface area contributed by atoms with E-state index in [1.807, 2.05) is 72.0 Å². The largest absolute Gasteiger partial charge is 0.463 e. The minimum Gasteiger partial charge on any atom is -0.463 e.